The molecule has 2 aromatic carbocycles. The summed E-state index contributed by atoms with van der Waals surface area (Å²) in [6, 6.07) is 14.6. The Morgan fingerprint density at radius 3 is 2.59 bits per heavy atom. The van der Waals surface area contributed by atoms with Crippen LogP contribution in [0.4, 0.5) is 0 Å². The van der Waals surface area contributed by atoms with E-state index in [9.17, 15) is 9.59 Å². The number of carbonyl (C=O) groups is 2. The van der Waals surface area contributed by atoms with Crippen molar-refractivity contribution in [2.24, 2.45) is 0 Å². The van der Waals surface area contributed by atoms with Crippen molar-refractivity contribution < 1.29 is 14.3 Å². The van der Waals surface area contributed by atoms with E-state index in [0.29, 0.717) is 18.8 Å². The van der Waals surface area contributed by atoms with Crippen LogP contribution in [0.5, 0.6) is 5.75 Å². The monoisotopic (exact) mass is 432 g/mol. The third-order valence-corrected chi connectivity index (χ3v) is 4.70. The van der Waals surface area contributed by atoms with Crippen LogP contribution in [0.1, 0.15) is 25.0 Å². The second-order valence-corrected chi connectivity index (χ2v) is 7.19. The Morgan fingerprint density at radius 2 is 1.93 bits per heavy atom. The van der Waals surface area contributed by atoms with Gasteiger partial charge in [0.2, 0.25) is 5.91 Å². The van der Waals surface area contributed by atoms with E-state index in [0.717, 1.165) is 15.6 Å². The van der Waals surface area contributed by atoms with Gasteiger partial charge in [-0.2, -0.15) is 0 Å². The van der Waals surface area contributed by atoms with Gasteiger partial charge in [-0.3, -0.25) is 9.59 Å². The summed E-state index contributed by atoms with van der Waals surface area (Å²) in [7, 11) is 0. The molecule has 0 spiro atoms. The lowest BCUT2D eigenvalue weighted by Gasteiger charge is -2.28. The normalized spacial score (nSPS) is 11.6. The van der Waals surface area contributed by atoms with Crippen molar-refractivity contribution in [3.05, 3.63) is 64.1 Å². The summed E-state index contributed by atoms with van der Waals surface area (Å²) in [5, 5.41) is 2.78. The van der Waals surface area contributed by atoms with Crippen molar-refractivity contribution in [2.75, 3.05) is 13.2 Å². The molecule has 0 heterocycles. The number of nitrogens with zero attached hydrogens (tertiary/aromatic N) is 1. The van der Waals surface area contributed by atoms with E-state index >= 15 is 0 Å². The Kier molecular flexibility index (Phi) is 7.85. The topological polar surface area (TPSA) is 58.6 Å². The first-order valence-electron chi connectivity index (χ1n) is 8.92. The maximum absolute atomic E-state index is 12.9. The second-order valence-electron chi connectivity index (χ2n) is 6.28. The molecule has 0 aliphatic rings. The molecule has 0 radical (unpaired) electrons. The number of para-hydroxylation sites is 1. The molecule has 2 amide bonds. The van der Waals surface area contributed by atoms with Crippen LogP contribution in [-0.4, -0.2) is 35.9 Å². The minimum absolute atomic E-state index is 0.122. The molecule has 0 bridgehead atoms. The first-order valence-corrected chi connectivity index (χ1v) is 9.71. The van der Waals surface area contributed by atoms with Gasteiger partial charge >= 0.3 is 0 Å². The van der Waals surface area contributed by atoms with Crippen molar-refractivity contribution >= 4 is 27.7 Å². The number of nitrogens with one attached hydrogen (secondary N) is 1. The van der Waals surface area contributed by atoms with Crippen molar-refractivity contribution in [2.45, 2.75) is 33.4 Å². The molecule has 1 atom stereocenters. The van der Waals surface area contributed by atoms with Gasteiger partial charge in [-0.25, -0.2) is 0 Å². The van der Waals surface area contributed by atoms with Crippen LogP contribution in [0.15, 0.2) is 53.0 Å². The predicted molar refractivity (Wildman–Crippen MR) is 110 cm³/mol. The number of hydrogen-bond donors (Lipinski definition) is 1. The zero-order chi connectivity index (χ0) is 19.8. The number of halogens is 1. The van der Waals surface area contributed by atoms with Gasteiger partial charge in [0.05, 0.1) is 0 Å². The zero-order valence-corrected chi connectivity index (χ0v) is 17.5. The summed E-state index contributed by atoms with van der Waals surface area (Å²) < 4.78 is 6.62. The van der Waals surface area contributed by atoms with Gasteiger partial charge in [0.25, 0.3) is 5.91 Å². The van der Waals surface area contributed by atoms with Crippen LogP contribution in [-0.2, 0) is 16.1 Å². The summed E-state index contributed by atoms with van der Waals surface area (Å²) in [5.41, 5.74) is 1.89. The highest BCUT2D eigenvalue weighted by Crippen LogP contribution is 2.18. The molecular weight excluding hydrogens is 408 g/mol. The van der Waals surface area contributed by atoms with Gasteiger partial charge < -0.3 is 15.0 Å². The molecule has 0 fully saturated rings. The van der Waals surface area contributed by atoms with E-state index in [-0.39, 0.29) is 18.4 Å². The van der Waals surface area contributed by atoms with Gasteiger partial charge in [-0.1, -0.05) is 46.3 Å². The minimum Gasteiger partial charge on any atom is -0.484 e. The van der Waals surface area contributed by atoms with Crippen molar-refractivity contribution in [3.8, 4) is 5.75 Å². The largest absolute Gasteiger partial charge is 0.484 e. The molecule has 0 aliphatic heterocycles. The van der Waals surface area contributed by atoms with Crippen LogP contribution in [0.3, 0.4) is 0 Å². The number of likely N-dealkylation sites (N-methyl/N-ethyl adjacent to an activating group) is 1. The number of benzene rings is 2. The maximum Gasteiger partial charge on any atom is 0.261 e. The number of carbonyl (C=O) groups excluding carboxylic acids is 2. The average molecular weight is 433 g/mol. The molecule has 0 aromatic heterocycles. The minimum atomic E-state index is -0.600. The summed E-state index contributed by atoms with van der Waals surface area (Å²) in [6.07, 6.45) is 0. The molecular formula is C21H25BrN2O3. The SMILES string of the molecule is CCNC(=O)[C@@H](C)N(Cc1cccc(Br)c1)C(=O)COc1ccccc1C. The second kappa shape index (κ2) is 10.1. The van der Waals surface area contributed by atoms with E-state index < -0.39 is 6.04 Å². The van der Waals surface area contributed by atoms with E-state index in [1.807, 2.05) is 62.4 Å². The van der Waals surface area contributed by atoms with Crippen LogP contribution in [0, 0.1) is 6.92 Å². The Bertz CT molecular complexity index is 795. The molecule has 0 unspecified atom stereocenters. The highest BCUT2D eigenvalue weighted by atomic mass is 79.9. The predicted octanol–water partition coefficient (Wildman–Crippen LogP) is 3.69. The quantitative estimate of drug-likeness (QED) is 0.691. The van der Waals surface area contributed by atoms with Gasteiger partial charge in [0.1, 0.15) is 11.8 Å². The Labute approximate surface area is 168 Å². The maximum atomic E-state index is 12.9. The van der Waals surface area contributed by atoms with E-state index in [2.05, 4.69) is 21.2 Å². The lowest BCUT2D eigenvalue weighted by atomic mass is 10.1. The molecule has 1 N–H and O–H groups in total. The number of hydrogen-bond acceptors (Lipinski definition) is 3. The van der Waals surface area contributed by atoms with Crippen LogP contribution >= 0.6 is 15.9 Å². The lowest BCUT2D eigenvalue weighted by Crippen LogP contribution is -2.49. The first-order chi connectivity index (χ1) is 12.9. The van der Waals surface area contributed by atoms with E-state index in [1.54, 1.807) is 11.8 Å². The zero-order valence-electron chi connectivity index (χ0n) is 15.9. The van der Waals surface area contributed by atoms with Gasteiger partial charge in [-0.15, -0.1) is 0 Å². The Balaban J connectivity index is 2.15. The number of amides is 2. The summed E-state index contributed by atoms with van der Waals surface area (Å²) in [4.78, 5) is 26.7. The lowest BCUT2D eigenvalue weighted by molar-refractivity contribution is -0.142. The Morgan fingerprint density at radius 1 is 1.19 bits per heavy atom. The van der Waals surface area contributed by atoms with Gasteiger partial charge in [0, 0.05) is 17.6 Å². The Hall–Kier alpha value is -2.34. The summed E-state index contributed by atoms with van der Waals surface area (Å²) in [6.45, 7) is 6.23. The standard InChI is InChI=1S/C21H25BrN2O3/c1-4-23-21(26)16(3)24(13-17-9-7-10-18(22)12-17)20(25)14-27-19-11-6-5-8-15(19)2/h5-12,16H,4,13-14H2,1-3H3,(H,23,26)/t16-/m1/s1. The number of aryl methyl sites for hydroxylation is 1. The molecule has 6 heteroatoms. The fourth-order valence-electron chi connectivity index (χ4n) is 2.68. The van der Waals surface area contributed by atoms with Gasteiger partial charge in [0.15, 0.2) is 6.61 Å². The van der Waals surface area contributed by atoms with Crippen LogP contribution in [0.25, 0.3) is 0 Å². The number of rotatable bonds is 8. The molecule has 2 rings (SSSR count). The smallest absolute Gasteiger partial charge is 0.261 e. The van der Waals surface area contributed by atoms with Crippen molar-refractivity contribution in [1.82, 2.24) is 10.2 Å². The van der Waals surface area contributed by atoms with Gasteiger partial charge in [-0.05, 0) is 50.1 Å². The molecule has 0 saturated heterocycles. The summed E-state index contributed by atoms with van der Waals surface area (Å²) in [5.74, 6) is 0.243. The molecule has 0 saturated carbocycles. The molecule has 144 valence electrons. The highest BCUT2D eigenvalue weighted by Gasteiger charge is 2.26. The highest BCUT2D eigenvalue weighted by molar-refractivity contribution is 9.10. The van der Waals surface area contributed by atoms with Crippen molar-refractivity contribution in [3.63, 3.8) is 0 Å². The summed E-state index contributed by atoms with van der Waals surface area (Å²) >= 11 is 3.44. The molecule has 5 nitrogen and oxygen atoms in total. The average Bonchev–Trinajstić information content (AvgIpc) is 2.65. The third-order valence-electron chi connectivity index (χ3n) is 4.20. The van der Waals surface area contributed by atoms with Crippen LogP contribution < -0.4 is 10.1 Å². The van der Waals surface area contributed by atoms with Crippen LogP contribution in [0.2, 0.25) is 0 Å². The van der Waals surface area contributed by atoms with E-state index in [1.165, 1.54) is 0 Å². The van der Waals surface area contributed by atoms with E-state index in [4.69, 9.17) is 4.74 Å². The molecule has 2 aromatic rings. The first kappa shape index (κ1) is 21.0. The fourth-order valence-corrected chi connectivity index (χ4v) is 3.12. The molecule has 27 heavy (non-hydrogen) atoms. The molecule has 0 aliphatic carbocycles. The number of ether oxygens (including phenoxy) is 1. The third kappa shape index (κ3) is 6.10. The van der Waals surface area contributed by atoms with Crippen molar-refractivity contribution in [1.29, 1.82) is 0 Å². The fraction of sp³-hybridized carbons (Fsp3) is 0.333.